The van der Waals surface area contributed by atoms with Gasteiger partial charge in [0.25, 0.3) is 0 Å². The van der Waals surface area contributed by atoms with E-state index in [1.54, 1.807) is 11.3 Å². The Kier molecular flexibility index (Phi) is 6.13. The number of nitrogens with zero attached hydrogens (tertiary/aromatic N) is 1. The first kappa shape index (κ1) is 19.2. The van der Waals surface area contributed by atoms with Crippen molar-refractivity contribution in [2.75, 3.05) is 19.6 Å². The topological polar surface area (TPSA) is 48.1 Å². The first-order chi connectivity index (χ1) is 13.7. The predicted molar refractivity (Wildman–Crippen MR) is 117 cm³/mol. The van der Waals surface area contributed by atoms with E-state index in [4.69, 9.17) is 0 Å². The monoisotopic (exact) mass is 395 g/mol. The van der Waals surface area contributed by atoms with E-state index in [0.29, 0.717) is 19.0 Å². The molecule has 1 unspecified atom stereocenters. The molecule has 0 spiro atoms. The summed E-state index contributed by atoms with van der Waals surface area (Å²) in [6.45, 7) is 5.27. The molecule has 0 radical (unpaired) electrons. The summed E-state index contributed by atoms with van der Waals surface area (Å²) < 4.78 is 0. The summed E-state index contributed by atoms with van der Waals surface area (Å²) in [5.74, 6) is 0.947. The van der Waals surface area contributed by atoms with Gasteiger partial charge < -0.3 is 10.3 Å². The molecule has 2 aromatic heterocycles. The van der Waals surface area contributed by atoms with Gasteiger partial charge in [-0.15, -0.1) is 11.3 Å². The number of piperidine rings is 1. The van der Waals surface area contributed by atoms with Crippen LogP contribution in [-0.2, 0) is 11.2 Å². The van der Waals surface area contributed by atoms with Crippen molar-refractivity contribution in [3.05, 3.63) is 58.4 Å². The van der Waals surface area contributed by atoms with Crippen molar-refractivity contribution >= 4 is 28.1 Å². The molecule has 4 rings (SSSR count). The van der Waals surface area contributed by atoms with Gasteiger partial charge in [0.15, 0.2) is 0 Å². The number of aromatic amines is 1. The first-order valence-electron chi connectivity index (χ1n) is 10.3. The Labute approximate surface area is 170 Å². The van der Waals surface area contributed by atoms with Gasteiger partial charge in [-0.1, -0.05) is 31.2 Å². The highest BCUT2D eigenvalue weighted by molar-refractivity contribution is 7.10. The van der Waals surface area contributed by atoms with Crippen molar-refractivity contribution in [1.29, 1.82) is 0 Å². The molecule has 1 amide bonds. The zero-order valence-electron chi connectivity index (χ0n) is 16.5. The third-order valence-electron chi connectivity index (χ3n) is 5.92. The lowest BCUT2D eigenvalue weighted by molar-refractivity contribution is -0.121. The number of aryl methyl sites for hydroxylation is 1. The molecule has 148 valence electrons. The molecule has 1 aliphatic rings. The molecule has 5 heteroatoms. The van der Waals surface area contributed by atoms with Crippen LogP contribution < -0.4 is 5.32 Å². The van der Waals surface area contributed by atoms with E-state index in [1.165, 1.54) is 28.7 Å². The number of H-pyrrole nitrogens is 1. The predicted octanol–water partition coefficient (Wildman–Crippen LogP) is 4.75. The SMILES string of the molecule is CC1CCN(C(CNC(=O)CCc2c[nH]c3ccccc23)c2cccs2)CC1. The first-order valence-corrected chi connectivity index (χ1v) is 11.2. The Bertz CT molecular complexity index is 894. The summed E-state index contributed by atoms with van der Waals surface area (Å²) in [5, 5.41) is 6.56. The number of rotatable bonds is 7. The number of thiophene rings is 1. The number of amides is 1. The van der Waals surface area contributed by atoms with Crippen LogP contribution in [0.3, 0.4) is 0 Å². The van der Waals surface area contributed by atoms with Crippen LogP contribution in [0.25, 0.3) is 10.9 Å². The number of nitrogens with one attached hydrogen (secondary N) is 2. The molecule has 1 aromatic carbocycles. The number of carbonyl (C=O) groups is 1. The number of para-hydroxylation sites is 1. The summed E-state index contributed by atoms with van der Waals surface area (Å²) in [6, 6.07) is 12.9. The molecular weight excluding hydrogens is 366 g/mol. The smallest absolute Gasteiger partial charge is 0.220 e. The van der Waals surface area contributed by atoms with E-state index < -0.39 is 0 Å². The highest BCUT2D eigenvalue weighted by Crippen LogP contribution is 2.29. The van der Waals surface area contributed by atoms with Crippen molar-refractivity contribution in [2.45, 2.75) is 38.6 Å². The third kappa shape index (κ3) is 4.47. The van der Waals surface area contributed by atoms with Gasteiger partial charge in [-0.25, -0.2) is 0 Å². The number of likely N-dealkylation sites (tertiary alicyclic amines) is 1. The lowest BCUT2D eigenvalue weighted by Gasteiger charge is -2.36. The zero-order valence-corrected chi connectivity index (χ0v) is 17.3. The number of hydrogen-bond acceptors (Lipinski definition) is 3. The molecule has 28 heavy (non-hydrogen) atoms. The molecule has 1 fully saturated rings. The molecule has 3 heterocycles. The second-order valence-corrected chi connectivity index (χ2v) is 8.89. The quantitative estimate of drug-likeness (QED) is 0.606. The van der Waals surface area contributed by atoms with Crippen molar-refractivity contribution < 1.29 is 4.79 Å². The van der Waals surface area contributed by atoms with E-state index in [9.17, 15) is 4.79 Å². The molecular formula is C23H29N3OS. The maximum atomic E-state index is 12.5. The normalized spacial score (nSPS) is 17.0. The Morgan fingerprint density at radius 2 is 2.07 bits per heavy atom. The van der Waals surface area contributed by atoms with Gasteiger partial charge in [0, 0.05) is 34.9 Å². The second kappa shape index (κ2) is 8.93. The van der Waals surface area contributed by atoms with Crippen LogP contribution in [0.2, 0.25) is 0 Å². The van der Waals surface area contributed by atoms with Gasteiger partial charge in [0.1, 0.15) is 0 Å². The molecule has 4 nitrogen and oxygen atoms in total. The van der Waals surface area contributed by atoms with Gasteiger partial charge >= 0.3 is 0 Å². The number of fused-ring (bicyclic) bond motifs is 1. The van der Waals surface area contributed by atoms with Crippen molar-refractivity contribution in [1.82, 2.24) is 15.2 Å². The summed E-state index contributed by atoms with van der Waals surface area (Å²) in [7, 11) is 0. The van der Waals surface area contributed by atoms with E-state index in [-0.39, 0.29) is 5.91 Å². The fourth-order valence-electron chi connectivity index (χ4n) is 4.12. The van der Waals surface area contributed by atoms with Crippen molar-refractivity contribution in [3.8, 4) is 0 Å². The fraction of sp³-hybridized carbons (Fsp3) is 0.435. The van der Waals surface area contributed by atoms with Gasteiger partial charge in [0.2, 0.25) is 5.91 Å². The molecule has 1 saturated heterocycles. The van der Waals surface area contributed by atoms with Gasteiger partial charge in [-0.05, 0) is 61.3 Å². The molecule has 1 atom stereocenters. The molecule has 3 aromatic rings. The maximum Gasteiger partial charge on any atom is 0.220 e. The largest absolute Gasteiger partial charge is 0.361 e. The molecule has 0 aliphatic carbocycles. The Hall–Kier alpha value is -2.11. The fourth-order valence-corrected chi connectivity index (χ4v) is 4.98. The summed E-state index contributed by atoms with van der Waals surface area (Å²) in [4.78, 5) is 19.7. The van der Waals surface area contributed by atoms with E-state index in [2.05, 4.69) is 51.8 Å². The number of hydrogen-bond donors (Lipinski definition) is 2. The van der Waals surface area contributed by atoms with Crippen LogP contribution in [0.1, 0.15) is 42.7 Å². The molecule has 0 saturated carbocycles. The van der Waals surface area contributed by atoms with Crippen LogP contribution in [0.5, 0.6) is 0 Å². The number of benzene rings is 1. The van der Waals surface area contributed by atoms with E-state index in [0.717, 1.165) is 30.9 Å². The summed E-state index contributed by atoms with van der Waals surface area (Å²) in [5.41, 5.74) is 2.35. The highest BCUT2D eigenvalue weighted by Gasteiger charge is 2.25. The minimum atomic E-state index is 0.136. The van der Waals surface area contributed by atoms with Crippen molar-refractivity contribution in [3.63, 3.8) is 0 Å². The van der Waals surface area contributed by atoms with Crippen LogP contribution in [0, 0.1) is 5.92 Å². The Morgan fingerprint density at radius 3 is 2.86 bits per heavy atom. The molecule has 2 N–H and O–H groups in total. The maximum absolute atomic E-state index is 12.5. The summed E-state index contributed by atoms with van der Waals surface area (Å²) in [6.07, 6.45) is 5.81. The molecule has 0 bridgehead atoms. The van der Waals surface area contributed by atoms with E-state index in [1.807, 2.05) is 18.3 Å². The lowest BCUT2D eigenvalue weighted by atomic mass is 9.97. The minimum absolute atomic E-state index is 0.136. The second-order valence-electron chi connectivity index (χ2n) is 7.91. The van der Waals surface area contributed by atoms with Crippen LogP contribution in [0.15, 0.2) is 48.0 Å². The number of carbonyl (C=O) groups excluding carboxylic acids is 1. The number of aromatic nitrogens is 1. The average Bonchev–Trinajstić information content (AvgIpc) is 3.38. The van der Waals surface area contributed by atoms with Gasteiger partial charge in [-0.3, -0.25) is 9.69 Å². The Morgan fingerprint density at radius 1 is 1.25 bits per heavy atom. The summed E-state index contributed by atoms with van der Waals surface area (Å²) >= 11 is 1.79. The van der Waals surface area contributed by atoms with Crippen LogP contribution >= 0.6 is 11.3 Å². The van der Waals surface area contributed by atoms with Gasteiger partial charge in [-0.2, -0.15) is 0 Å². The van der Waals surface area contributed by atoms with Crippen LogP contribution in [0.4, 0.5) is 0 Å². The average molecular weight is 396 g/mol. The van der Waals surface area contributed by atoms with Crippen LogP contribution in [-0.4, -0.2) is 35.4 Å². The molecule has 1 aliphatic heterocycles. The lowest BCUT2D eigenvalue weighted by Crippen LogP contribution is -2.41. The third-order valence-corrected chi connectivity index (χ3v) is 6.89. The minimum Gasteiger partial charge on any atom is -0.361 e. The highest BCUT2D eigenvalue weighted by atomic mass is 32.1. The van der Waals surface area contributed by atoms with Gasteiger partial charge in [0.05, 0.1) is 6.04 Å². The Balaban J connectivity index is 1.33. The zero-order chi connectivity index (χ0) is 19.3. The van der Waals surface area contributed by atoms with E-state index >= 15 is 0 Å². The standard InChI is InChI=1S/C23H29N3OS/c1-17-10-12-26(13-11-17)21(22-7-4-14-28-22)16-25-23(27)9-8-18-15-24-20-6-3-2-5-19(18)20/h2-7,14-15,17,21,24H,8-13,16H2,1H3,(H,25,27). The van der Waals surface area contributed by atoms with Crippen molar-refractivity contribution in [2.24, 2.45) is 5.92 Å².